The van der Waals surface area contributed by atoms with E-state index in [1.807, 2.05) is 34.6 Å². The third kappa shape index (κ3) is 4700. The van der Waals surface area contributed by atoms with Crippen molar-refractivity contribution in [3.63, 3.8) is 0 Å². The summed E-state index contributed by atoms with van der Waals surface area (Å²) in [6.07, 6.45) is 0. The van der Waals surface area contributed by atoms with Gasteiger partial charge in [0, 0.05) is 42.2 Å². The number of aliphatic hydroxyl groups is 2. The zero-order valence-electron chi connectivity index (χ0n) is 13.5. The second-order valence-corrected chi connectivity index (χ2v) is 1.54. The predicted octanol–water partition coefficient (Wildman–Crippen LogP) is 2.16. The second kappa shape index (κ2) is 150. The molecule has 2 N–H and O–H groups in total. The maximum atomic E-state index is 7.12. The van der Waals surface area contributed by atoms with Crippen LogP contribution in [0.3, 0.4) is 0 Å². The molecule has 17 heavy (non-hydrogen) atoms. The lowest BCUT2D eigenvalue weighted by molar-refractivity contribution is 0.0773. The van der Waals surface area contributed by atoms with E-state index in [9.17, 15) is 0 Å². The molecule has 0 aliphatic rings. The molecule has 0 aromatic rings. The van der Waals surface area contributed by atoms with Crippen LogP contribution in [-0.2, 0) is 14.2 Å². The van der Waals surface area contributed by atoms with Crippen LogP contribution >= 0.6 is 0 Å². The van der Waals surface area contributed by atoms with Gasteiger partial charge >= 0.3 is 0 Å². The van der Waals surface area contributed by atoms with E-state index >= 15 is 0 Å². The van der Waals surface area contributed by atoms with Gasteiger partial charge in [-0.1, -0.05) is 27.7 Å². The van der Waals surface area contributed by atoms with E-state index in [1.165, 1.54) is 0 Å². The third-order valence-electron chi connectivity index (χ3n) is 0.289. The summed E-state index contributed by atoms with van der Waals surface area (Å²) in [5.74, 6) is 0. The molecule has 0 spiro atoms. The number of rotatable bonds is 1. The number of hydrogen-bond acceptors (Lipinski definition) is 5. The summed E-state index contributed by atoms with van der Waals surface area (Å²) in [6.45, 7) is 10.0. The first-order valence-corrected chi connectivity index (χ1v) is 5.67. The normalized spacial score (nSPS) is 5.65. The average Bonchev–Trinajstić information content (AvgIpc) is 2.37. The first-order valence-electron chi connectivity index (χ1n) is 5.67. The molecule has 0 aliphatic carbocycles. The lowest BCUT2D eigenvalue weighted by atomic mass is 10.9. The Kier molecular flexibility index (Phi) is 318. The van der Waals surface area contributed by atoms with Crippen LogP contribution in [0.25, 0.3) is 0 Å². The van der Waals surface area contributed by atoms with E-state index in [1.54, 1.807) is 35.5 Å². The van der Waals surface area contributed by atoms with Gasteiger partial charge in [0.2, 0.25) is 0 Å². The molecule has 5 nitrogen and oxygen atoms in total. The summed E-state index contributed by atoms with van der Waals surface area (Å²) < 4.78 is 13.0. The Morgan fingerprint density at radius 1 is 0.706 bits per heavy atom. The van der Waals surface area contributed by atoms with Crippen LogP contribution in [0.1, 0.15) is 34.6 Å². The van der Waals surface area contributed by atoms with Crippen molar-refractivity contribution in [2.45, 2.75) is 34.6 Å². The standard InChI is InChI=1S/C3H8O.2C2H6O.2C2H6.CH4O2/c1-3-4-2;2*1-3-2;2*1-2;2-1-3/h3H2,1-2H3;2*1-2H3;2*1-2H3;2-3H,1H2. The summed E-state index contributed by atoms with van der Waals surface area (Å²) >= 11 is 0. The molecule has 0 atom stereocenters. The first kappa shape index (κ1) is 36.0. The topological polar surface area (TPSA) is 68.2 Å². The van der Waals surface area contributed by atoms with Crippen molar-refractivity contribution in [1.29, 1.82) is 0 Å². The van der Waals surface area contributed by atoms with Crippen molar-refractivity contribution in [3.05, 3.63) is 0 Å². The average molecular weight is 260 g/mol. The largest absolute Gasteiger partial charge is 0.388 e. The van der Waals surface area contributed by atoms with Crippen LogP contribution in [0.2, 0.25) is 0 Å². The van der Waals surface area contributed by atoms with Crippen molar-refractivity contribution < 1.29 is 24.4 Å². The Balaban J connectivity index is -0.0000000218. The molecule has 0 rings (SSSR count). The molecule has 0 aliphatic heterocycles. The van der Waals surface area contributed by atoms with Crippen LogP contribution in [0.15, 0.2) is 0 Å². The molecule has 0 aromatic heterocycles. The van der Waals surface area contributed by atoms with Crippen LogP contribution in [-0.4, -0.2) is 59.2 Å². The van der Waals surface area contributed by atoms with Gasteiger partial charge in [-0.2, -0.15) is 0 Å². The summed E-state index contributed by atoms with van der Waals surface area (Å²) in [5.41, 5.74) is 0. The molecule has 0 amide bonds. The van der Waals surface area contributed by atoms with Crippen LogP contribution in [0.4, 0.5) is 0 Å². The van der Waals surface area contributed by atoms with Gasteiger partial charge in [0.15, 0.2) is 0 Å². The number of hydrogen-bond donors (Lipinski definition) is 2. The molecular weight excluding hydrogens is 224 g/mol. The van der Waals surface area contributed by atoms with Gasteiger partial charge in [-0.3, -0.25) is 0 Å². The van der Waals surface area contributed by atoms with E-state index in [2.05, 4.69) is 14.2 Å². The lowest BCUT2D eigenvalue weighted by Gasteiger charge is -1.76. The fourth-order valence-corrected chi connectivity index (χ4v) is 0. The quantitative estimate of drug-likeness (QED) is 0.707. The highest BCUT2D eigenvalue weighted by atomic mass is 16.5. The molecule has 0 fully saturated rings. The third-order valence-corrected chi connectivity index (χ3v) is 0.289. The monoisotopic (exact) mass is 260 g/mol. The summed E-state index contributed by atoms with van der Waals surface area (Å²) in [4.78, 5) is 0. The highest BCUT2D eigenvalue weighted by Gasteiger charge is 1.51. The van der Waals surface area contributed by atoms with Crippen molar-refractivity contribution in [1.82, 2.24) is 0 Å². The zero-order valence-corrected chi connectivity index (χ0v) is 13.5. The van der Waals surface area contributed by atoms with Gasteiger partial charge in [-0.15, -0.1) is 0 Å². The molecule has 0 bridgehead atoms. The van der Waals surface area contributed by atoms with E-state index in [-0.39, 0.29) is 0 Å². The molecule has 0 unspecified atom stereocenters. The van der Waals surface area contributed by atoms with Gasteiger partial charge in [0.25, 0.3) is 0 Å². The molecule has 114 valence electrons. The Hall–Kier alpha value is -0.200. The van der Waals surface area contributed by atoms with Crippen molar-refractivity contribution in [2.24, 2.45) is 0 Å². The minimum absolute atomic E-state index is 0.750. The number of aliphatic hydroxyl groups excluding tert-OH is 1. The van der Waals surface area contributed by atoms with E-state index in [4.69, 9.17) is 10.2 Å². The number of methoxy groups -OCH3 is 3. The molecule has 0 saturated carbocycles. The van der Waals surface area contributed by atoms with Gasteiger partial charge in [-0.05, 0) is 6.92 Å². The smallest absolute Gasteiger partial charge is 0.140 e. The van der Waals surface area contributed by atoms with Gasteiger partial charge < -0.3 is 24.4 Å². The molecule has 0 saturated heterocycles. The molecule has 0 aromatic carbocycles. The lowest BCUT2D eigenvalue weighted by Crippen LogP contribution is -1.73. The SMILES string of the molecule is CC.CC.CCOC.COC.COC.OCO. The molecular formula is C12H36O5. The van der Waals surface area contributed by atoms with E-state index in [0.29, 0.717) is 0 Å². The Morgan fingerprint density at radius 3 is 0.765 bits per heavy atom. The zero-order chi connectivity index (χ0) is 15.5. The minimum atomic E-state index is -0.750. The molecule has 0 heterocycles. The molecule has 5 heteroatoms. The van der Waals surface area contributed by atoms with Gasteiger partial charge in [0.05, 0.1) is 0 Å². The van der Waals surface area contributed by atoms with Crippen molar-refractivity contribution in [3.8, 4) is 0 Å². The summed E-state index contributed by atoms with van der Waals surface area (Å²) in [7, 11) is 8.18. The van der Waals surface area contributed by atoms with Crippen molar-refractivity contribution >= 4 is 0 Å². The summed E-state index contributed by atoms with van der Waals surface area (Å²) in [5, 5.41) is 14.2. The van der Waals surface area contributed by atoms with Crippen molar-refractivity contribution in [2.75, 3.05) is 48.9 Å². The van der Waals surface area contributed by atoms with E-state index < -0.39 is 6.79 Å². The van der Waals surface area contributed by atoms with Crippen LogP contribution < -0.4 is 0 Å². The maximum absolute atomic E-state index is 7.12. The highest BCUT2D eigenvalue weighted by Crippen LogP contribution is 1.52. The summed E-state index contributed by atoms with van der Waals surface area (Å²) in [6, 6.07) is 0. The van der Waals surface area contributed by atoms with Crippen LogP contribution in [0.5, 0.6) is 0 Å². The predicted molar refractivity (Wildman–Crippen MR) is 75.4 cm³/mol. The first-order chi connectivity index (χ1) is 8.16. The molecule has 0 radical (unpaired) electrons. The Morgan fingerprint density at radius 2 is 0.765 bits per heavy atom. The van der Waals surface area contributed by atoms with Gasteiger partial charge in [-0.25, -0.2) is 0 Å². The minimum Gasteiger partial charge on any atom is -0.388 e. The number of ether oxygens (including phenoxy) is 3. The Labute approximate surface area is 109 Å². The fourth-order valence-electron chi connectivity index (χ4n) is 0. The maximum Gasteiger partial charge on any atom is 0.140 e. The highest BCUT2D eigenvalue weighted by molar-refractivity contribution is 3.94. The van der Waals surface area contributed by atoms with Gasteiger partial charge in [0.1, 0.15) is 6.79 Å². The Bertz CT molecular complexity index is 31.3. The van der Waals surface area contributed by atoms with E-state index in [0.717, 1.165) is 6.61 Å². The fraction of sp³-hybridized carbons (Fsp3) is 1.00. The second-order valence-electron chi connectivity index (χ2n) is 1.54. The van der Waals surface area contributed by atoms with Crippen LogP contribution in [0, 0.1) is 0 Å².